The molecule has 0 atom stereocenters. The Kier molecular flexibility index (Phi) is 4.25. The van der Waals surface area contributed by atoms with Crippen LogP contribution in [0.4, 0.5) is 0 Å². The van der Waals surface area contributed by atoms with Gasteiger partial charge < -0.3 is 19.7 Å². The number of hydrogen-bond donors (Lipinski definition) is 2. The van der Waals surface area contributed by atoms with Crippen LogP contribution < -0.4 is 9.47 Å². The third-order valence-electron chi connectivity index (χ3n) is 1.85. The van der Waals surface area contributed by atoms with Gasteiger partial charge in [-0.1, -0.05) is 0 Å². The predicted molar refractivity (Wildman–Crippen MR) is 57.8 cm³/mol. The van der Waals surface area contributed by atoms with Crippen molar-refractivity contribution in [3.63, 3.8) is 0 Å². The summed E-state index contributed by atoms with van der Waals surface area (Å²) in [5.41, 5.74) is -0.0835. The Morgan fingerprint density at radius 3 is 2.62 bits per heavy atom. The van der Waals surface area contributed by atoms with Crippen molar-refractivity contribution >= 4 is 17.6 Å². The number of phenols is 1. The fourth-order valence-electron chi connectivity index (χ4n) is 1.20. The van der Waals surface area contributed by atoms with Crippen molar-refractivity contribution in [3.8, 4) is 17.2 Å². The maximum absolute atomic E-state index is 10.9. The van der Waals surface area contributed by atoms with E-state index in [1.165, 1.54) is 19.2 Å². The summed E-state index contributed by atoms with van der Waals surface area (Å²) in [6, 6.07) is 2.47. The first-order chi connectivity index (χ1) is 7.61. The summed E-state index contributed by atoms with van der Waals surface area (Å²) < 4.78 is 10.0. The molecule has 0 unspecified atom stereocenters. The van der Waals surface area contributed by atoms with Gasteiger partial charge in [0.05, 0.1) is 13.0 Å². The van der Waals surface area contributed by atoms with Gasteiger partial charge in [0.1, 0.15) is 12.2 Å². The zero-order valence-corrected chi connectivity index (χ0v) is 9.32. The number of hydrogen-bond acceptors (Lipinski definition) is 4. The van der Waals surface area contributed by atoms with E-state index < -0.39 is 5.97 Å². The second kappa shape index (κ2) is 5.46. The van der Waals surface area contributed by atoms with Gasteiger partial charge in [0.25, 0.3) is 0 Å². The van der Waals surface area contributed by atoms with Crippen LogP contribution in [0.1, 0.15) is 10.4 Å². The van der Waals surface area contributed by atoms with E-state index in [0.717, 1.165) is 0 Å². The lowest BCUT2D eigenvalue weighted by molar-refractivity contribution is 0.0691. The Balaban J connectivity index is 3.23. The third kappa shape index (κ3) is 2.49. The van der Waals surface area contributed by atoms with E-state index >= 15 is 0 Å². The third-order valence-corrected chi connectivity index (χ3v) is 2.00. The van der Waals surface area contributed by atoms with E-state index in [9.17, 15) is 9.90 Å². The van der Waals surface area contributed by atoms with Crippen molar-refractivity contribution in [3.05, 3.63) is 17.7 Å². The lowest BCUT2D eigenvalue weighted by atomic mass is 10.1. The van der Waals surface area contributed by atoms with Crippen LogP contribution in [-0.4, -0.2) is 35.8 Å². The van der Waals surface area contributed by atoms with Crippen LogP contribution in [0.2, 0.25) is 0 Å². The Morgan fingerprint density at radius 2 is 2.12 bits per heavy atom. The average Bonchev–Trinajstić information content (AvgIpc) is 2.25. The average molecular weight is 247 g/mol. The van der Waals surface area contributed by atoms with E-state index in [-0.39, 0.29) is 35.3 Å². The number of methoxy groups -OCH3 is 1. The number of rotatable bonds is 5. The first-order valence-corrected chi connectivity index (χ1v) is 4.97. The molecule has 5 nitrogen and oxygen atoms in total. The zero-order valence-electron chi connectivity index (χ0n) is 8.57. The van der Waals surface area contributed by atoms with Gasteiger partial charge in [0, 0.05) is 0 Å². The van der Waals surface area contributed by atoms with Crippen molar-refractivity contribution in [2.24, 2.45) is 0 Å². The van der Waals surface area contributed by atoms with Crippen LogP contribution in [0, 0.1) is 0 Å². The molecule has 1 rings (SSSR count). The maximum atomic E-state index is 10.9. The molecule has 1 aromatic rings. The molecule has 0 saturated carbocycles. The SMILES string of the molecule is COc1c(O)ccc(C(=O)O)c1OCCCl. The van der Waals surface area contributed by atoms with Gasteiger partial charge in [-0.05, 0) is 12.1 Å². The minimum absolute atomic E-state index is 0.00924. The van der Waals surface area contributed by atoms with Crippen molar-refractivity contribution in [2.75, 3.05) is 19.6 Å². The van der Waals surface area contributed by atoms with Gasteiger partial charge in [-0.25, -0.2) is 4.79 Å². The van der Waals surface area contributed by atoms with Crippen LogP contribution in [0.25, 0.3) is 0 Å². The number of aromatic carboxylic acids is 1. The molecular formula is C10H11ClO5. The fourth-order valence-corrected chi connectivity index (χ4v) is 1.28. The van der Waals surface area contributed by atoms with Gasteiger partial charge in [-0.3, -0.25) is 0 Å². The molecule has 2 N–H and O–H groups in total. The topological polar surface area (TPSA) is 76.0 Å². The highest BCUT2D eigenvalue weighted by Crippen LogP contribution is 2.39. The monoisotopic (exact) mass is 246 g/mol. The van der Waals surface area contributed by atoms with E-state index in [2.05, 4.69) is 0 Å². The summed E-state index contributed by atoms with van der Waals surface area (Å²) in [7, 11) is 1.31. The summed E-state index contributed by atoms with van der Waals surface area (Å²) >= 11 is 5.44. The smallest absolute Gasteiger partial charge is 0.339 e. The largest absolute Gasteiger partial charge is 0.504 e. The Morgan fingerprint density at radius 1 is 1.44 bits per heavy atom. The number of carboxylic acid groups (broad SMARTS) is 1. The van der Waals surface area contributed by atoms with E-state index in [0.29, 0.717) is 0 Å². The van der Waals surface area contributed by atoms with E-state index in [1.54, 1.807) is 0 Å². The van der Waals surface area contributed by atoms with Crippen LogP contribution in [0.5, 0.6) is 17.2 Å². The highest BCUT2D eigenvalue weighted by Gasteiger charge is 2.19. The van der Waals surface area contributed by atoms with Crippen molar-refractivity contribution in [2.45, 2.75) is 0 Å². The molecule has 0 saturated heterocycles. The minimum Gasteiger partial charge on any atom is -0.504 e. The molecule has 0 fully saturated rings. The van der Waals surface area contributed by atoms with Gasteiger partial charge in [0.15, 0.2) is 11.5 Å². The number of aromatic hydroxyl groups is 1. The molecule has 6 heteroatoms. The van der Waals surface area contributed by atoms with Gasteiger partial charge in [-0.15, -0.1) is 11.6 Å². The predicted octanol–water partition coefficient (Wildman–Crippen LogP) is 1.72. The van der Waals surface area contributed by atoms with Crippen LogP contribution in [0.3, 0.4) is 0 Å². The second-order valence-corrected chi connectivity index (χ2v) is 3.22. The molecule has 0 heterocycles. The molecule has 1 aromatic carbocycles. The van der Waals surface area contributed by atoms with Gasteiger partial charge in [0.2, 0.25) is 5.75 Å². The lowest BCUT2D eigenvalue weighted by Crippen LogP contribution is -2.06. The fraction of sp³-hybridized carbons (Fsp3) is 0.300. The first-order valence-electron chi connectivity index (χ1n) is 4.43. The van der Waals surface area contributed by atoms with Crippen LogP contribution in [-0.2, 0) is 0 Å². The first kappa shape index (κ1) is 12.4. The molecule has 16 heavy (non-hydrogen) atoms. The molecular weight excluding hydrogens is 236 g/mol. The molecule has 0 bridgehead atoms. The number of benzene rings is 1. The Hall–Kier alpha value is -1.62. The highest BCUT2D eigenvalue weighted by molar-refractivity contribution is 6.18. The van der Waals surface area contributed by atoms with Gasteiger partial charge >= 0.3 is 5.97 Å². The maximum Gasteiger partial charge on any atom is 0.339 e. The number of phenolic OH excluding ortho intramolecular Hbond substituents is 1. The Labute approximate surface area is 97.2 Å². The summed E-state index contributed by atoms with van der Waals surface area (Å²) in [4.78, 5) is 10.9. The Bertz CT molecular complexity index is 391. The zero-order chi connectivity index (χ0) is 12.1. The number of alkyl halides is 1. The molecule has 0 radical (unpaired) electrons. The van der Waals surface area contributed by atoms with E-state index in [1.807, 2.05) is 0 Å². The summed E-state index contributed by atoms with van der Waals surface area (Å²) in [6.45, 7) is 0.127. The summed E-state index contributed by atoms with van der Waals surface area (Å²) in [5, 5.41) is 18.4. The van der Waals surface area contributed by atoms with Crippen molar-refractivity contribution < 1.29 is 24.5 Å². The minimum atomic E-state index is -1.16. The normalized spacial score (nSPS) is 9.88. The quantitative estimate of drug-likeness (QED) is 0.774. The number of carbonyl (C=O) groups is 1. The number of halogens is 1. The molecule has 0 aromatic heterocycles. The van der Waals surface area contributed by atoms with E-state index in [4.69, 9.17) is 26.2 Å². The molecule has 0 aliphatic rings. The van der Waals surface area contributed by atoms with Crippen LogP contribution >= 0.6 is 11.6 Å². The summed E-state index contributed by atoms with van der Waals surface area (Å²) in [6.07, 6.45) is 0. The molecule has 88 valence electrons. The second-order valence-electron chi connectivity index (χ2n) is 2.84. The van der Waals surface area contributed by atoms with Crippen molar-refractivity contribution in [1.29, 1.82) is 0 Å². The lowest BCUT2D eigenvalue weighted by Gasteiger charge is -2.13. The molecule has 0 aliphatic heterocycles. The molecule has 0 spiro atoms. The summed E-state index contributed by atoms with van der Waals surface area (Å²) in [5.74, 6) is -1.17. The standard InChI is InChI=1S/C10H11ClO5/c1-15-9-7(12)3-2-6(10(13)14)8(9)16-5-4-11/h2-3,12H,4-5H2,1H3,(H,13,14). The highest BCUT2D eigenvalue weighted by atomic mass is 35.5. The van der Waals surface area contributed by atoms with Crippen molar-refractivity contribution in [1.82, 2.24) is 0 Å². The molecule has 0 amide bonds. The number of ether oxygens (including phenoxy) is 2. The van der Waals surface area contributed by atoms with Crippen LogP contribution in [0.15, 0.2) is 12.1 Å². The van der Waals surface area contributed by atoms with Gasteiger partial charge in [-0.2, -0.15) is 0 Å². The molecule has 0 aliphatic carbocycles. The number of carboxylic acids is 1.